The van der Waals surface area contributed by atoms with E-state index in [9.17, 15) is 4.79 Å². The van der Waals surface area contributed by atoms with Crippen LogP contribution in [0.1, 0.15) is 37.3 Å². The molecule has 2 aromatic carbocycles. The van der Waals surface area contributed by atoms with Crippen molar-refractivity contribution in [1.29, 1.82) is 0 Å². The first kappa shape index (κ1) is 26.1. The molecule has 2 aliphatic rings. The number of fused-ring (bicyclic) bond motifs is 1. The van der Waals surface area contributed by atoms with Crippen LogP contribution in [0.2, 0.25) is 0 Å². The summed E-state index contributed by atoms with van der Waals surface area (Å²) in [5, 5.41) is 6.91. The molecule has 0 spiro atoms. The van der Waals surface area contributed by atoms with Crippen molar-refractivity contribution in [2.24, 2.45) is 4.99 Å². The zero-order valence-corrected chi connectivity index (χ0v) is 22.5. The molecule has 1 unspecified atom stereocenters. The Morgan fingerprint density at radius 2 is 1.82 bits per heavy atom. The van der Waals surface area contributed by atoms with Crippen molar-refractivity contribution < 1.29 is 9.53 Å². The number of carbonyl (C=O) groups is 1. The van der Waals surface area contributed by atoms with Crippen LogP contribution in [0.4, 0.5) is 5.69 Å². The summed E-state index contributed by atoms with van der Waals surface area (Å²) in [5.41, 5.74) is 3.66. The van der Waals surface area contributed by atoms with E-state index in [4.69, 9.17) is 9.73 Å². The second kappa shape index (κ2) is 12.8. The van der Waals surface area contributed by atoms with E-state index in [2.05, 4.69) is 40.7 Å². The zero-order chi connectivity index (χ0) is 23.0. The number of methoxy groups -OCH3 is 1. The quantitative estimate of drug-likeness (QED) is 0.217. The largest absolute Gasteiger partial charge is 0.495 e. The van der Waals surface area contributed by atoms with Gasteiger partial charge < -0.3 is 25.2 Å². The number of aliphatic imine (C=N–C) groups is 1. The van der Waals surface area contributed by atoms with Crippen LogP contribution in [0.15, 0.2) is 53.5 Å². The summed E-state index contributed by atoms with van der Waals surface area (Å²) in [6.45, 7) is 6.84. The van der Waals surface area contributed by atoms with E-state index in [1.165, 1.54) is 11.1 Å². The van der Waals surface area contributed by atoms with Gasteiger partial charge in [0.25, 0.3) is 0 Å². The minimum atomic E-state index is 0. The first-order valence-corrected chi connectivity index (χ1v) is 11.9. The van der Waals surface area contributed by atoms with Crippen LogP contribution in [0.3, 0.4) is 0 Å². The molecule has 2 aliphatic heterocycles. The number of halogens is 1. The molecule has 8 heteroatoms. The summed E-state index contributed by atoms with van der Waals surface area (Å²) in [7, 11) is 1.72. The lowest BCUT2D eigenvalue weighted by molar-refractivity contribution is -0.131. The van der Waals surface area contributed by atoms with E-state index in [-0.39, 0.29) is 29.9 Å². The lowest BCUT2D eigenvalue weighted by Crippen LogP contribution is -2.44. The molecule has 4 rings (SSSR count). The Balaban J connectivity index is 0.00000324. The maximum absolute atomic E-state index is 12.6. The predicted molar refractivity (Wildman–Crippen MR) is 148 cm³/mol. The van der Waals surface area contributed by atoms with E-state index in [1.54, 1.807) is 7.11 Å². The van der Waals surface area contributed by atoms with Gasteiger partial charge in [-0.1, -0.05) is 36.4 Å². The molecular formula is C26H36IN5O2. The van der Waals surface area contributed by atoms with Crippen LogP contribution < -0.4 is 20.3 Å². The van der Waals surface area contributed by atoms with Gasteiger partial charge in [-0.3, -0.25) is 9.79 Å². The lowest BCUT2D eigenvalue weighted by Gasteiger charge is -2.22. The average molecular weight is 578 g/mol. The number of nitrogens with zero attached hydrogens (tertiary/aromatic N) is 3. The topological polar surface area (TPSA) is 69.2 Å². The average Bonchev–Trinajstić information content (AvgIpc) is 3.49. The molecule has 1 amide bonds. The van der Waals surface area contributed by atoms with Crippen molar-refractivity contribution in [2.45, 2.75) is 45.3 Å². The number of benzene rings is 2. The third-order valence-corrected chi connectivity index (χ3v) is 6.31. The molecule has 0 bridgehead atoms. The third-order valence-electron chi connectivity index (χ3n) is 6.31. The van der Waals surface area contributed by atoms with Gasteiger partial charge in [0.2, 0.25) is 5.91 Å². The molecule has 34 heavy (non-hydrogen) atoms. The highest BCUT2D eigenvalue weighted by Gasteiger charge is 2.25. The Hall–Kier alpha value is -2.49. The molecule has 2 aromatic rings. The van der Waals surface area contributed by atoms with Gasteiger partial charge in [0, 0.05) is 51.7 Å². The number of anilines is 1. The summed E-state index contributed by atoms with van der Waals surface area (Å²) >= 11 is 0. The lowest BCUT2D eigenvalue weighted by atomic mass is 10.1. The smallest absolute Gasteiger partial charge is 0.223 e. The molecule has 7 nitrogen and oxygen atoms in total. The Kier molecular flexibility index (Phi) is 9.86. The van der Waals surface area contributed by atoms with Crippen molar-refractivity contribution in [3.05, 3.63) is 59.7 Å². The number of hydrogen-bond donors (Lipinski definition) is 2. The van der Waals surface area contributed by atoms with Crippen LogP contribution in [0.5, 0.6) is 5.75 Å². The maximum atomic E-state index is 12.6. The molecular weight excluding hydrogens is 541 g/mol. The zero-order valence-electron chi connectivity index (χ0n) is 20.1. The molecule has 0 aromatic heterocycles. The number of nitrogens with one attached hydrogen (secondary N) is 2. The fraction of sp³-hybridized carbons (Fsp3) is 0.462. The molecule has 0 radical (unpaired) electrons. The van der Waals surface area contributed by atoms with Gasteiger partial charge in [-0.15, -0.1) is 24.0 Å². The molecule has 1 saturated heterocycles. The minimum Gasteiger partial charge on any atom is -0.495 e. The molecule has 184 valence electrons. The van der Waals surface area contributed by atoms with Gasteiger partial charge in [-0.25, -0.2) is 0 Å². The van der Waals surface area contributed by atoms with Crippen LogP contribution in [-0.2, 0) is 17.9 Å². The Bertz CT molecular complexity index is 958. The fourth-order valence-corrected chi connectivity index (χ4v) is 4.59. The number of hydrogen-bond acceptors (Lipinski definition) is 4. The molecule has 1 atom stereocenters. The normalized spacial score (nSPS) is 17.2. The number of rotatable bonds is 8. The molecule has 2 N–H and O–H groups in total. The Morgan fingerprint density at radius 1 is 1.12 bits per heavy atom. The summed E-state index contributed by atoms with van der Waals surface area (Å²) in [6, 6.07) is 16.8. The van der Waals surface area contributed by atoms with Crippen LogP contribution in [0, 0.1) is 0 Å². The van der Waals surface area contributed by atoms with Gasteiger partial charge in [0.15, 0.2) is 5.96 Å². The van der Waals surface area contributed by atoms with Gasteiger partial charge in [0.05, 0.1) is 12.8 Å². The molecule has 0 aliphatic carbocycles. The second-order valence-corrected chi connectivity index (χ2v) is 8.63. The van der Waals surface area contributed by atoms with E-state index in [0.717, 1.165) is 63.0 Å². The van der Waals surface area contributed by atoms with Crippen molar-refractivity contribution in [1.82, 2.24) is 15.5 Å². The van der Waals surface area contributed by atoms with Crippen molar-refractivity contribution in [3.63, 3.8) is 0 Å². The number of amides is 1. The predicted octanol–water partition coefficient (Wildman–Crippen LogP) is 3.77. The second-order valence-electron chi connectivity index (χ2n) is 8.63. The van der Waals surface area contributed by atoms with Crippen molar-refractivity contribution in [3.8, 4) is 5.75 Å². The summed E-state index contributed by atoms with van der Waals surface area (Å²) in [4.78, 5) is 21.6. The summed E-state index contributed by atoms with van der Waals surface area (Å²) in [5.74, 6) is 1.94. The number of ether oxygens (including phenoxy) is 1. The highest BCUT2D eigenvalue weighted by molar-refractivity contribution is 14.0. The molecule has 0 saturated carbocycles. The van der Waals surface area contributed by atoms with Gasteiger partial charge in [0.1, 0.15) is 5.75 Å². The Morgan fingerprint density at radius 3 is 2.53 bits per heavy atom. The van der Waals surface area contributed by atoms with Crippen LogP contribution in [0.25, 0.3) is 0 Å². The minimum absolute atomic E-state index is 0. The van der Waals surface area contributed by atoms with E-state index in [0.29, 0.717) is 19.0 Å². The number of guanidine groups is 1. The summed E-state index contributed by atoms with van der Waals surface area (Å²) < 4.78 is 5.52. The van der Waals surface area contributed by atoms with Crippen LogP contribution >= 0.6 is 24.0 Å². The van der Waals surface area contributed by atoms with Gasteiger partial charge >= 0.3 is 0 Å². The van der Waals surface area contributed by atoms with E-state index in [1.807, 2.05) is 35.2 Å². The first-order valence-electron chi connectivity index (χ1n) is 11.9. The fourth-order valence-electron chi connectivity index (χ4n) is 4.59. The van der Waals surface area contributed by atoms with Crippen molar-refractivity contribution >= 4 is 41.5 Å². The highest BCUT2D eigenvalue weighted by Crippen LogP contribution is 2.30. The summed E-state index contributed by atoms with van der Waals surface area (Å²) in [6.07, 6.45) is 2.32. The number of para-hydroxylation sites is 2. The van der Waals surface area contributed by atoms with E-state index < -0.39 is 0 Å². The first-order chi connectivity index (χ1) is 16.2. The molecule has 2 heterocycles. The monoisotopic (exact) mass is 577 g/mol. The Labute approximate surface area is 220 Å². The maximum Gasteiger partial charge on any atom is 0.223 e. The van der Waals surface area contributed by atoms with Gasteiger partial charge in [-0.05, 0) is 43.0 Å². The third kappa shape index (κ3) is 6.55. The highest BCUT2D eigenvalue weighted by atomic mass is 127. The van der Waals surface area contributed by atoms with Crippen LogP contribution in [-0.4, -0.2) is 56.1 Å². The number of carbonyl (C=O) groups excluding carboxylic acids is 1. The van der Waals surface area contributed by atoms with Gasteiger partial charge in [-0.2, -0.15) is 0 Å². The van der Waals surface area contributed by atoms with E-state index >= 15 is 0 Å². The molecule has 1 fully saturated rings. The SMILES string of the molecule is CCNC(=NCCCC(=O)N1Cc2ccccc2C1)NC1CCN(c2ccccc2OC)C1.I. The standard InChI is InChI=1S/C26H35N5O2.HI/c1-3-27-26(29-22-14-16-30(19-22)23-11-6-7-12-24(23)33-2)28-15-8-13-25(32)31-17-20-9-4-5-10-21(20)18-31;/h4-7,9-12,22H,3,8,13-19H2,1-2H3,(H2,27,28,29);1H. The van der Waals surface area contributed by atoms with Crippen molar-refractivity contribution in [2.75, 3.05) is 38.2 Å².